The molecule has 8 heteroatoms. The number of fused-ring (bicyclic) bond motifs is 4. The van der Waals surface area contributed by atoms with E-state index in [0.717, 1.165) is 52.0 Å². The van der Waals surface area contributed by atoms with E-state index in [4.69, 9.17) is 38.9 Å². The summed E-state index contributed by atoms with van der Waals surface area (Å²) in [5.41, 5.74) is 16.5. The molecule has 4 aliphatic rings. The van der Waals surface area contributed by atoms with Crippen LogP contribution in [0.3, 0.4) is 0 Å². The van der Waals surface area contributed by atoms with Crippen molar-refractivity contribution in [1.29, 1.82) is 0 Å². The molecule has 0 radical (unpaired) electrons. The van der Waals surface area contributed by atoms with E-state index >= 15 is 0 Å². The van der Waals surface area contributed by atoms with Gasteiger partial charge in [0.05, 0.1) is 23.3 Å². The third-order valence-corrected chi connectivity index (χ3v) is 11.5. The Morgan fingerprint density at radius 2 is 1.06 bits per heavy atom. The average Bonchev–Trinajstić information content (AvgIpc) is 3.33. The molecular formula is C40H42BrCl2N5. The van der Waals surface area contributed by atoms with Crippen molar-refractivity contribution in [1.82, 2.24) is 19.8 Å². The fourth-order valence-corrected chi connectivity index (χ4v) is 8.75. The fraction of sp³-hybridized carbons (Fsp3) is 0.350. The second-order valence-corrected chi connectivity index (χ2v) is 15.6. The minimum Gasteiger partial charge on any atom is -0.397 e. The summed E-state index contributed by atoms with van der Waals surface area (Å²) in [5, 5.41) is 1.57. The molecule has 5 nitrogen and oxygen atoms in total. The first kappa shape index (κ1) is 33.5. The SMILES string of the molecule is CN1CCC(C2c3ccc(Cl)cc3C=Cc3cc(Br)cnc32)CC1.CN1CCC(C2c3ccc(Cl)cc3C=Cc3cc(N)cnc32)CC1. The van der Waals surface area contributed by atoms with E-state index in [0.29, 0.717) is 29.4 Å². The van der Waals surface area contributed by atoms with Crippen molar-refractivity contribution in [2.45, 2.75) is 37.5 Å². The van der Waals surface area contributed by atoms with Gasteiger partial charge in [-0.1, -0.05) is 59.6 Å². The second-order valence-electron chi connectivity index (χ2n) is 13.8. The zero-order chi connectivity index (χ0) is 33.4. The van der Waals surface area contributed by atoms with Gasteiger partial charge in [-0.25, -0.2) is 0 Å². The van der Waals surface area contributed by atoms with Crippen LogP contribution in [0.4, 0.5) is 5.69 Å². The lowest BCUT2D eigenvalue weighted by atomic mass is 9.76. The van der Waals surface area contributed by atoms with Crippen LogP contribution < -0.4 is 5.73 Å². The van der Waals surface area contributed by atoms with Gasteiger partial charge in [-0.2, -0.15) is 0 Å². The predicted molar refractivity (Wildman–Crippen MR) is 205 cm³/mol. The largest absolute Gasteiger partial charge is 0.397 e. The number of nitrogens with zero attached hydrogens (tertiary/aromatic N) is 4. The van der Waals surface area contributed by atoms with Crippen molar-refractivity contribution < 1.29 is 0 Å². The molecular weight excluding hydrogens is 701 g/mol. The van der Waals surface area contributed by atoms with E-state index in [2.05, 4.69) is 94.5 Å². The number of hydrogen-bond donors (Lipinski definition) is 1. The highest BCUT2D eigenvalue weighted by Crippen LogP contribution is 2.44. The monoisotopic (exact) mass is 741 g/mol. The molecule has 2 unspecified atom stereocenters. The molecule has 0 saturated carbocycles. The number of nitrogens with two attached hydrogens (primary N) is 1. The fourth-order valence-electron chi connectivity index (χ4n) is 8.04. The molecule has 2 N–H and O–H groups in total. The van der Waals surface area contributed by atoms with Crippen LogP contribution >= 0.6 is 39.1 Å². The number of halogens is 3. The highest BCUT2D eigenvalue weighted by molar-refractivity contribution is 9.10. The Morgan fingerprint density at radius 3 is 1.56 bits per heavy atom. The number of pyridine rings is 2. The van der Waals surface area contributed by atoms with Crippen molar-refractivity contribution in [3.8, 4) is 0 Å². The Morgan fingerprint density at radius 1 is 0.625 bits per heavy atom. The summed E-state index contributed by atoms with van der Waals surface area (Å²) in [5.74, 6) is 1.85. The molecule has 0 spiro atoms. The van der Waals surface area contributed by atoms with Crippen LogP contribution in [0.5, 0.6) is 0 Å². The van der Waals surface area contributed by atoms with Gasteiger partial charge in [-0.3, -0.25) is 9.97 Å². The molecule has 2 saturated heterocycles. The molecule has 0 amide bonds. The summed E-state index contributed by atoms with van der Waals surface area (Å²) in [4.78, 5) is 14.4. The average molecular weight is 744 g/mol. The van der Waals surface area contributed by atoms with Gasteiger partial charge in [0.2, 0.25) is 0 Å². The molecule has 2 fully saturated rings. The maximum Gasteiger partial charge on any atom is 0.0555 e. The summed E-state index contributed by atoms with van der Waals surface area (Å²) in [6.45, 7) is 4.59. The van der Waals surface area contributed by atoms with Gasteiger partial charge >= 0.3 is 0 Å². The van der Waals surface area contributed by atoms with Crippen molar-refractivity contribution in [2.75, 3.05) is 46.0 Å². The van der Waals surface area contributed by atoms with Crippen molar-refractivity contribution in [3.05, 3.63) is 120 Å². The van der Waals surface area contributed by atoms with E-state index < -0.39 is 0 Å². The molecule has 2 aliphatic heterocycles. The van der Waals surface area contributed by atoms with E-state index in [9.17, 15) is 0 Å². The maximum atomic E-state index is 6.26. The number of aromatic nitrogens is 2. The topological polar surface area (TPSA) is 58.3 Å². The lowest BCUT2D eigenvalue weighted by Crippen LogP contribution is -2.33. The van der Waals surface area contributed by atoms with Gasteiger partial charge < -0.3 is 15.5 Å². The van der Waals surface area contributed by atoms with Gasteiger partial charge in [0.25, 0.3) is 0 Å². The second kappa shape index (κ2) is 14.5. The highest BCUT2D eigenvalue weighted by Gasteiger charge is 2.34. The third-order valence-electron chi connectivity index (χ3n) is 10.6. The molecule has 0 bridgehead atoms. The minimum absolute atomic E-state index is 0.302. The van der Waals surface area contributed by atoms with Crippen molar-refractivity contribution >= 4 is 69.1 Å². The van der Waals surface area contributed by atoms with Crippen LogP contribution in [-0.2, 0) is 0 Å². The van der Waals surface area contributed by atoms with Gasteiger partial charge in [0.1, 0.15) is 0 Å². The van der Waals surface area contributed by atoms with Crippen LogP contribution in [0, 0.1) is 11.8 Å². The zero-order valence-electron chi connectivity index (χ0n) is 27.5. The number of likely N-dealkylation sites (tertiary alicyclic amines) is 2. The standard InChI is InChI=1S/C20H20BrClN2.C20H22ClN3/c1-24-8-6-13(7-9-24)19-18-5-4-17(22)11-14(18)2-3-15-10-16(21)12-23-20(15)19;1-24-8-6-13(7-9-24)19-18-5-4-16(21)10-14(18)2-3-15-11-17(22)12-23-20(15)19/h2-5,10-13,19H,6-9H2,1H3;2-5,10-13,19H,6-9,22H2,1H3. The molecule has 2 aromatic carbocycles. The quantitative estimate of drug-likeness (QED) is 0.222. The first-order valence-corrected chi connectivity index (χ1v) is 18.5. The van der Waals surface area contributed by atoms with E-state index in [1.54, 1.807) is 6.20 Å². The Labute approximate surface area is 303 Å². The number of anilines is 1. The molecule has 48 heavy (non-hydrogen) atoms. The predicted octanol–water partition coefficient (Wildman–Crippen LogP) is 9.73. The van der Waals surface area contributed by atoms with Crippen LogP contribution in [0.1, 0.15) is 82.3 Å². The van der Waals surface area contributed by atoms with Crippen LogP contribution in [0.25, 0.3) is 24.3 Å². The van der Waals surface area contributed by atoms with Crippen molar-refractivity contribution in [3.63, 3.8) is 0 Å². The number of nitrogen functional groups attached to an aromatic ring is 1. The summed E-state index contributed by atoms with van der Waals surface area (Å²) < 4.78 is 1.03. The molecule has 4 heterocycles. The number of piperidine rings is 2. The van der Waals surface area contributed by atoms with E-state index in [-0.39, 0.29) is 0 Å². The number of benzene rings is 2. The van der Waals surface area contributed by atoms with Crippen molar-refractivity contribution in [2.24, 2.45) is 11.8 Å². The Balaban J connectivity index is 0.000000152. The summed E-state index contributed by atoms with van der Waals surface area (Å²) >= 11 is 16.1. The first-order valence-electron chi connectivity index (χ1n) is 17.0. The lowest BCUT2D eigenvalue weighted by molar-refractivity contribution is 0.206. The van der Waals surface area contributed by atoms with E-state index in [1.165, 1.54) is 59.2 Å². The lowest BCUT2D eigenvalue weighted by Gasteiger charge is -2.35. The van der Waals surface area contributed by atoms with Crippen LogP contribution in [0.15, 0.2) is 65.4 Å². The van der Waals surface area contributed by atoms with Crippen LogP contribution in [-0.4, -0.2) is 60.0 Å². The maximum absolute atomic E-state index is 6.26. The molecule has 2 aliphatic carbocycles. The Kier molecular flexibility index (Phi) is 10.1. The van der Waals surface area contributed by atoms with Gasteiger partial charge in [-0.15, -0.1) is 0 Å². The molecule has 4 aromatic rings. The normalized spacial score (nSPS) is 21.2. The number of rotatable bonds is 2. The summed E-state index contributed by atoms with van der Waals surface area (Å²) in [6.07, 6.45) is 17.1. The molecule has 248 valence electrons. The molecule has 2 atom stereocenters. The smallest absolute Gasteiger partial charge is 0.0555 e. The minimum atomic E-state index is 0.302. The van der Waals surface area contributed by atoms with Gasteiger partial charge in [0, 0.05) is 32.6 Å². The highest BCUT2D eigenvalue weighted by atomic mass is 79.9. The third kappa shape index (κ3) is 7.15. The summed E-state index contributed by atoms with van der Waals surface area (Å²) in [6, 6.07) is 16.7. The zero-order valence-corrected chi connectivity index (χ0v) is 30.6. The Bertz CT molecular complexity index is 1610. The first-order chi connectivity index (χ1) is 23.2. The molecule has 8 rings (SSSR count). The van der Waals surface area contributed by atoms with Crippen LogP contribution in [0.2, 0.25) is 10.0 Å². The molecule has 2 aromatic heterocycles. The van der Waals surface area contributed by atoms with E-state index in [1.807, 2.05) is 24.4 Å². The van der Waals surface area contributed by atoms with Gasteiger partial charge in [0.15, 0.2) is 0 Å². The summed E-state index contributed by atoms with van der Waals surface area (Å²) in [7, 11) is 4.41. The Hall–Kier alpha value is -3.00. The van der Waals surface area contributed by atoms with Gasteiger partial charge in [-0.05, 0) is 164 Å². The number of hydrogen-bond acceptors (Lipinski definition) is 5.